The molecule has 11 nitrogen and oxygen atoms in total. The Morgan fingerprint density at radius 1 is 1.32 bits per heavy atom. The van der Waals surface area contributed by atoms with Crippen LogP contribution in [-0.2, 0) is 6.54 Å². The van der Waals surface area contributed by atoms with E-state index in [4.69, 9.17) is 9.47 Å². The summed E-state index contributed by atoms with van der Waals surface area (Å²) in [5.74, 6) is 1.87. The molecular formula is C27H25N7O4. The lowest BCUT2D eigenvalue weighted by atomic mass is 10.1. The maximum atomic E-state index is 12.0. The molecule has 38 heavy (non-hydrogen) atoms. The molecule has 2 aliphatic rings. The molecule has 192 valence electrons. The third-order valence-corrected chi connectivity index (χ3v) is 7.12. The second-order valence-electron chi connectivity index (χ2n) is 9.57. The Labute approximate surface area is 218 Å². The molecule has 0 spiro atoms. The van der Waals surface area contributed by atoms with Crippen LogP contribution in [0.5, 0.6) is 11.5 Å². The lowest BCUT2D eigenvalue weighted by molar-refractivity contribution is -0.384. The Morgan fingerprint density at radius 3 is 2.92 bits per heavy atom. The zero-order valence-corrected chi connectivity index (χ0v) is 21.0. The van der Waals surface area contributed by atoms with Crippen molar-refractivity contribution in [3.05, 3.63) is 58.4 Å². The first-order valence-electron chi connectivity index (χ1n) is 12.4. The zero-order chi connectivity index (χ0) is 26.4. The van der Waals surface area contributed by atoms with Crippen molar-refractivity contribution in [1.82, 2.24) is 14.5 Å². The number of hydrogen-bond acceptors (Lipinski definition) is 9. The number of para-hydroxylation sites is 1. The van der Waals surface area contributed by atoms with Crippen molar-refractivity contribution in [3.63, 3.8) is 0 Å². The Bertz CT molecular complexity index is 1620. The molecular weight excluding hydrogens is 486 g/mol. The number of benzene rings is 2. The number of ether oxygens (including phenoxy) is 2. The minimum absolute atomic E-state index is 0.0229. The molecule has 1 atom stereocenters. The van der Waals surface area contributed by atoms with Gasteiger partial charge in [0.15, 0.2) is 0 Å². The number of rotatable bonds is 6. The van der Waals surface area contributed by atoms with Gasteiger partial charge in [0.1, 0.15) is 29.9 Å². The van der Waals surface area contributed by atoms with E-state index in [2.05, 4.69) is 32.8 Å². The number of aromatic nitrogens is 3. The van der Waals surface area contributed by atoms with Gasteiger partial charge in [-0.1, -0.05) is 19.1 Å². The number of hydrogen-bond donors (Lipinski definition) is 1. The largest absolute Gasteiger partial charge is 0.494 e. The molecule has 0 saturated carbocycles. The Kier molecular flexibility index (Phi) is 5.72. The fraction of sp³-hybridized carbons (Fsp3) is 0.296. The maximum absolute atomic E-state index is 12.0. The van der Waals surface area contributed by atoms with E-state index in [1.54, 1.807) is 6.07 Å². The SMILES string of the molecule is COc1cc(N2CCC(C)C2)c([N+](=O)[O-])cc1Nc1ncc(C#N)c(-c2cn3c4c(cccc24)OCC3)n1. The van der Waals surface area contributed by atoms with Gasteiger partial charge in [0.25, 0.3) is 5.69 Å². The van der Waals surface area contributed by atoms with Crippen molar-refractivity contribution in [3.8, 4) is 28.8 Å². The van der Waals surface area contributed by atoms with E-state index in [0.29, 0.717) is 47.5 Å². The van der Waals surface area contributed by atoms with Crippen molar-refractivity contribution < 1.29 is 14.4 Å². The summed E-state index contributed by atoms with van der Waals surface area (Å²) in [5.41, 5.74) is 3.38. The van der Waals surface area contributed by atoms with Crippen molar-refractivity contribution in [1.29, 1.82) is 5.26 Å². The zero-order valence-electron chi connectivity index (χ0n) is 21.0. The van der Waals surface area contributed by atoms with Gasteiger partial charge < -0.3 is 24.3 Å². The molecule has 4 heterocycles. The van der Waals surface area contributed by atoms with Gasteiger partial charge in [0, 0.05) is 42.4 Å². The summed E-state index contributed by atoms with van der Waals surface area (Å²) >= 11 is 0. The molecule has 0 radical (unpaired) electrons. The number of nitrogens with zero attached hydrogens (tertiary/aromatic N) is 6. The molecule has 0 amide bonds. The molecule has 4 aromatic rings. The van der Waals surface area contributed by atoms with Crippen LogP contribution in [0.2, 0.25) is 0 Å². The molecule has 6 rings (SSSR count). The highest BCUT2D eigenvalue weighted by Gasteiger charge is 2.28. The second kappa shape index (κ2) is 9.23. The van der Waals surface area contributed by atoms with Gasteiger partial charge in [0.2, 0.25) is 5.95 Å². The average Bonchev–Trinajstić information content (AvgIpc) is 3.53. The van der Waals surface area contributed by atoms with Gasteiger partial charge in [-0.2, -0.15) is 5.26 Å². The van der Waals surface area contributed by atoms with E-state index >= 15 is 0 Å². The van der Waals surface area contributed by atoms with Gasteiger partial charge in [-0.15, -0.1) is 0 Å². The van der Waals surface area contributed by atoms with Crippen LogP contribution in [0.3, 0.4) is 0 Å². The summed E-state index contributed by atoms with van der Waals surface area (Å²) in [7, 11) is 1.52. The number of nitrogens with one attached hydrogen (secondary N) is 1. The predicted octanol–water partition coefficient (Wildman–Crippen LogP) is 4.87. The Morgan fingerprint density at radius 2 is 2.18 bits per heavy atom. The third kappa shape index (κ3) is 3.91. The van der Waals surface area contributed by atoms with Gasteiger partial charge in [-0.05, 0) is 18.4 Å². The monoisotopic (exact) mass is 511 g/mol. The molecule has 1 fully saturated rings. The molecule has 1 saturated heterocycles. The highest BCUT2D eigenvalue weighted by atomic mass is 16.6. The smallest absolute Gasteiger partial charge is 0.294 e. The molecule has 2 aromatic carbocycles. The van der Waals surface area contributed by atoms with E-state index in [0.717, 1.165) is 41.7 Å². The van der Waals surface area contributed by atoms with Crippen molar-refractivity contribution in [2.24, 2.45) is 5.92 Å². The number of nitro benzene ring substituents is 1. The number of methoxy groups -OCH3 is 1. The van der Waals surface area contributed by atoms with E-state index in [9.17, 15) is 15.4 Å². The quantitative estimate of drug-likeness (QED) is 0.284. The summed E-state index contributed by atoms with van der Waals surface area (Å²) < 4.78 is 13.5. The molecule has 2 aliphatic heterocycles. The lowest BCUT2D eigenvalue weighted by Crippen LogP contribution is -2.20. The molecule has 0 aliphatic carbocycles. The van der Waals surface area contributed by atoms with Gasteiger partial charge in [-0.3, -0.25) is 10.1 Å². The van der Waals surface area contributed by atoms with Gasteiger partial charge in [-0.25, -0.2) is 9.97 Å². The standard InChI is InChI=1S/C27H25N7O4/c1-16-6-7-32(14-16)21-11-24(37-2)20(10-22(21)34(35)36)30-27-29-13-17(12-28)25(31-27)19-15-33-8-9-38-23-5-3-4-18(19)26(23)33/h3-5,10-11,13,15-16H,6-9,14H2,1-2H3,(H,29,30,31). The molecule has 11 heteroatoms. The molecule has 1 N–H and O–H groups in total. The molecule has 1 unspecified atom stereocenters. The fourth-order valence-electron chi connectivity index (χ4n) is 5.29. The maximum Gasteiger partial charge on any atom is 0.294 e. The van der Waals surface area contributed by atoms with Crippen molar-refractivity contribution >= 4 is 33.9 Å². The van der Waals surface area contributed by atoms with Gasteiger partial charge in [0.05, 0.1) is 47.2 Å². The normalized spacial score (nSPS) is 16.2. The summed E-state index contributed by atoms with van der Waals surface area (Å²) in [6, 6.07) is 11.1. The Hall–Kier alpha value is -4.85. The fourth-order valence-corrected chi connectivity index (χ4v) is 5.29. The van der Waals surface area contributed by atoms with Crippen molar-refractivity contribution in [2.75, 3.05) is 37.0 Å². The summed E-state index contributed by atoms with van der Waals surface area (Å²) in [6.45, 7) is 4.88. The third-order valence-electron chi connectivity index (χ3n) is 7.12. The highest BCUT2D eigenvalue weighted by molar-refractivity contribution is 5.99. The minimum Gasteiger partial charge on any atom is -0.494 e. The first-order chi connectivity index (χ1) is 18.5. The topological polar surface area (TPSA) is 131 Å². The number of nitriles is 1. The van der Waals surface area contributed by atoms with E-state index < -0.39 is 0 Å². The van der Waals surface area contributed by atoms with Crippen LogP contribution in [-0.4, -0.2) is 46.3 Å². The van der Waals surface area contributed by atoms with Crippen LogP contribution in [0, 0.1) is 27.4 Å². The van der Waals surface area contributed by atoms with E-state index in [-0.39, 0.29) is 16.6 Å². The Balaban J connectivity index is 1.42. The van der Waals surface area contributed by atoms with Crippen LogP contribution < -0.4 is 19.7 Å². The van der Waals surface area contributed by atoms with Crippen LogP contribution in [0.25, 0.3) is 22.2 Å². The summed E-state index contributed by atoms with van der Waals surface area (Å²) in [5, 5.41) is 25.8. The minimum atomic E-state index is -0.385. The average molecular weight is 512 g/mol. The van der Waals surface area contributed by atoms with Gasteiger partial charge >= 0.3 is 0 Å². The summed E-state index contributed by atoms with van der Waals surface area (Å²) in [6.07, 6.45) is 4.40. The van der Waals surface area contributed by atoms with E-state index in [1.165, 1.54) is 19.4 Å². The predicted molar refractivity (Wildman–Crippen MR) is 142 cm³/mol. The summed E-state index contributed by atoms with van der Waals surface area (Å²) in [4.78, 5) is 22.6. The first kappa shape index (κ1) is 23.5. The van der Waals surface area contributed by atoms with E-state index in [1.807, 2.05) is 29.3 Å². The van der Waals surface area contributed by atoms with Crippen molar-refractivity contribution in [2.45, 2.75) is 19.9 Å². The molecule has 0 bridgehead atoms. The first-order valence-corrected chi connectivity index (χ1v) is 12.4. The number of anilines is 3. The van der Waals surface area contributed by atoms with Crippen LogP contribution >= 0.6 is 0 Å². The van der Waals surface area contributed by atoms with Crippen LogP contribution in [0.4, 0.5) is 23.0 Å². The molecule has 2 aromatic heterocycles. The second-order valence-corrected chi connectivity index (χ2v) is 9.57. The number of nitro groups is 1. The van der Waals surface area contributed by atoms with Crippen LogP contribution in [0.15, 0.2) is 42.7 Å². The lowest BCUT2D eigenvalue weighted by Gasteiger charge is -2.20. The highest BCUT2D eigenvalue weighted by Crippen LogP contribution is 2.42. The van der Waals surface area contributed by atoms with Crippen LogP contribution in [0.1, 0.15) is 18.9 Å².